The molecule has 24 heavy (non-hydrogen) atoms. The molecule has 3 aromatic rings. The molecule has 3 rings (SSSR count). The van der Waals surface area contributed by atoms with Gasteiger partial charge in [-0.2, -0.15) is 11.3 Å². The smallest absolute Gasteiger partial charge is 0.408 e. The van der Waals surface area contributed by atoms with Crippen LogP contribution in [0.3, 0.4) is 0 Å². The fourth-order valence-corrected chi connectivity index (χ4v) is 3.05. The number of aliphatic hydroxyl groups is 1. The lowest BCUT2D eigenvalue weighted by Gasteiger charge is -2.11. The number of para-hydroxylation sites is 2. The highest BCUT2D eigenvalue weighted by atomic mass is 32.1. The van der Waals surface area contributed by atoms with Gasteiger partial charge < -0.3 is 20.2 Å². The number of aromatic nitrogens is 1. The number of aliphatic hydroxyl groups excluding tert-OH is 1. The molecule has 3 N–H and O–H groups in total. The van der Waals surface area contributed by atoms with Gasteiger partial charge in [-0.15, -0.1) is 0 Å². The molecule has 2 aromatic heterocycles. The molecular weight excluding hydrogens is 330 g/mol. The number of hydrogen-bond donors (Lipinski definition) is 3. The minimum absolute atomic E-state index is 0.122. The van der Waals surface area contributed by atoms with Crippen LogP contribution in [0.5, 0.6) is 0 Å². The van der Waals surface area contributed by atoms with Crippen LogP contribution in [-0.4, -0.2) is 28.8 Å². The summed E-state index contributed by atoms with van der Waals surface area (Å²) >= 11 is 1.49. The van der Waals surface area contributed by atoms with Crippen LogP contribution >= 0.6 is 11.3 Å². The summed E-state index contributed by atoms with van der Waals surface area (Å²) in [6, 6.07) is 8.53. The molecule has 0 spiro atoms. The largest absolute Gasteiger partial charge is 0.420 e. The number of nitrogens with zero attached hydrogens (tertiary/aromatic N) is 1. The Morgan fingerprint density at radius 3 is 2.92 bits per heavy atom. The monoisotopic (exact) mass is 347 g/mol. The SMILES string of the molecule is O=C(NCCn1c(=O)oc2ccccc21)NCC(O)c1ccsc1. The quantitative estimate of drug-likeness (QED) is 0.632. The zero-order valence-corrected chi connectivity index (χ0v) is 13.6. The summed E-state index contributed by atoms with van der Waals surface area (Å²) in [7, 11) is 0. The fourth-order valence-electron chi connectivity index (χ4n) is 2.34. The maximum Gasteiger partial charge on any atom is 0.420 e. The third kappa shape index (κ3) is 3.66. The maximum atomic E-state index is 11.8. The van der Waals surface area contributed by atoms with Crippen molar-refractivity contribution in [3.63, 3.8) is 0 Å². The second-order valence-corrected chi connectivity index (χ2v) is 5.98. The second kappa shape index (κ2) is 7.33. The van der Waals surface area contributed by atoms with E-state index in [-0.39, 0.29) is 13.1 Å². The van der Waals surface area contributed by atoms with Crippen LogP contribution in [-0.2, 0) is 6.54 Å². The van der Waals surface area contributed by atoms with Gasteiger partial charge in [-0.3, -0.25) is 4.57 Å². The first-order valence-electron chi connectivity index (χ1n) is 7.45. The van der Waals surface area contributed by atoms with Gasteiger partial charge in [0.1, 0.15) is 0 Å². The standard InChI is InChI=1S/C16H17N3O4S/c20-13(11-5-8-24-10-11)9-18-15(21)17-6-7-19-12-3-1-2-4-14(12)23-16(19)22/h1-5,8,10,13,20H,6-7,9H2,(H2,17,18,21). The van der Waals surface area contributed by atoms with Gasteiger partial charge >= 0.3 is 11.8 Å². The van der Waals surface area contributed by atoms with Crippen molar-refractivity contribution in [3.8, 4) is 0 Å². The third-order valence-corrected chi connectivity index (χ3v) is 4.28. The number of oxazole rings is 1. The number of amides is 2. The molecule has 1 aromatic carbocycles. The van der Waals surface area contributed by atoms with Gasteiger partial charge in [0.05, 0.1) is 11.6 Å². The number of carbonyl (C=O) groups excluding carboxylic acids is 1. The highest BCUT2D eigenvalue weighted by Gasteiger charge is 2.11. The fraction of sp³-hybridized carbons (Fsp3) is 0.250. The number of rotatable bonds is 6. The van der Waals surface area contributed by atoms with Crippen LogP contribution in [0.4, 0.5) is 4.79 Å². The maximum absolute atomic E-state index is 11.8. The van der Waals surface area contributed by atoms with E-state index in [9.17, 15) is 14.7 Å². The second-order valence-electron chi connectivity index (χ2n) is 5.20. The van der Waals surface area contributed by atoms with Crippen molar-refractivity contribution in [2.45, 2.75) is 12.6 Å². The normalized spacial score (nSPS) is 12.2. The highest BCUT2D eigenvalue weighted by molar-refractivity contribution is 7.07. The molecule has 8 heteroatoms. The summed E-state index contributed by atoms with van der Waals surface area (Å²) in [5, 5.41) is 18.8. The molecule has 0 bridgehead atoms. The first-order chi connectivity index (χ1) is 11.6. The number of nitrogens with one attached hydrogen (secondary N) is 2. The lowest BCUT2D eigenvalue weighted by atomic mass is 10.2. The van der Waals surface area contributed by atoms with Crippen molar-refractivity contribution in [3.05, 3.63) is 57.2 Å². The molecule has 0 aliphatic carbocycles. The molecule has 2 heterocycles. The molecule has 0 aliphatic heterocycles. The number of thiophene rings is 1. The molecule has 0 aliphatic rings. The van der Waals surface area contributed by atoms with Crippen LogP contribution in [0.2, 0.25) is 0 Å². The van der Waals surface area contributed by atoms with Crippen LogP contribution in [0.15, 0.2) is 50.3 Å². The number of fused-ring (bicyclic) bond motifs is 1. The molecule has 1 atom stereocenters. The number of urea groups is 1. The van der Waals surface area contributed by atoms with Crippen molar-refractivity contribution in [2.75, 3.05) is 13.1 Å². The van der Waals surface area contributed by atoms with E-state index in [0.717, 1.165) is 5.56 Å². The van der Waals surface area contributed by atoms with E-state index in [1.165, 1.54) is 15.9 Å². The van der Waals surface area contributed by atoms with Gasteiger partial charge in [-0.1, -0.05) is 12.1 Å². The minimum atomic E-state index is -0.734. The number of benzene rings is 1. The van der Waals surface area contributed by atoms with Gasteiger partial charge in [0, 0.05) is 19.6 Å². The Bertz CT molecular complexity index is 869. The van der Waals surface area contributed by atoms with Crippen molar-refractivity contribution in [1.29, 1.82) is 0 Å². The Morgan fingerprint density at radius 2 is 2.12 bits per heavy atom. The average Bonchev–Trinajstić information content (AvgIpc) is 3.21. The van der Waals surface area contributed by atoms with Crippen molar-refractivity contribution in [2.24, 2.45) is 0 Å². The van der Waals surface area contributed by atoms with Crippen molar-refractivity contribution in [1.82, 2.24) is 15.2 Å². The minimum Gasteiger partial charge on any atom is -0.408 e. The van der Waals surface area contributed by atoms with Crippen LogP contribution < -0.4 is 16.4 Å². The van der Waals surface area contributed by atoms with E-state index in [4.69, 9.17) is 4.42 Å². The molecular formula is C16H17N3O4S. The molecule has 7 nitrogen and oxygen atoms in total. The Labute approximate surface area is 141 Å². The summed E-state index contributed by atoms with van der Waals surface area (Å²) < 4.78 is 6.59. The van der Waals surface area contributed by atoms with Crippen molar-refractivity contribution < 1.29 is 14.3 Å². The summed E-state index contributed by atoms with van der Waals surface area (Å²) in [5.41, 5.74) is 1.99. The van der Waals surface area contributed by atoms with Gasteiger partial charge in [-0.25, -0.2) is 9.59 Å². The Balaban J connectivity index is 1.48. The summed E-state index contributed by atoms with van der Waals surface area (Å²) in [6.07, 6.45) is -0.734. The van der Waals surface area contributed by atoms with E-state index in [2.05, 4.69) is 10.6 Å². The Hall–Kier alpha value is -2.58. The molecule has 126 valence electrons. The summed E-state index contributed by atoms with van der Waals surface area (Å²) in [5.74, 6) is -0.453. The first kappa shape index (κ1) is 16.3. The molecule has 0 saturated heterocycles. The van der Waals surface area contributed by atoms with Crippen LogP contribution in [0, 0.1) is 0 Å². The number of carbonyl (C=O) groups is 1. The molecule has 0 radical (unpaired) electrons. The van der Waals surface area contributed by atoms with E-state index < -0.39 is 17.9 Å². The summed E-state index contributed by atoms with van der Waals surface area (Å²) in [4.78, 5) is 23.5. The number of hydrogen-bond acceptors (Lipinski definition) is 5. The van der Waals surface area contributed by atoms with E-state index in [0.29, 0.717) is 17.6 Å². The van der Waals surface area contributed by atoms with E-state index in [1.54, 1.807) is 18.2 Å². The molecule has 0 fully saturated rings. The Morgan fingerprint density at radius 1 is 1.29 bits per heavy atom. The molecule has 2 amide bonds. The van der Waals surface area contributed by atoms with E-state index in [1.807, 2.05) is 22.9 Å². The lowest BCUT2D eigenvalue weighted by Crippen LogP contribution is -2.39. The highest BCUT2D eigenvalue weighted by Crippen LogP contribution is 2.15. The Kier molecular flexibility index (Phi) is 4.97. The van der Waals surface area contributed by atoms with Gasteiger partial charge in [0.2, 0.25) is 0 Å². The zero-order chi connectivity index (χ0) is 16.9. The molecule has 1 unspecified atom stereocenters. The van der Waals surface area contributed by atoms with Gasteiger partial charge in [0.15, 0.2) is 5.58 Å². The van der Waals surface area contributed by atoms with Gasteiger partial charge in [-0.05, 0) is 34.5 Å². The van der Waals surface area contributed by atoms with Gasteiger partial charge in [0.25, 0.3) is 0 Å². The van der Waals surface area contributed by atoms with E-state index >= 15 is 0 Å². The predicted octanol–water partition coefficient (Wildman–Crippen LogP) is 1.69. The zero-order valence-electron chi connectivity index (χ0n) is 12.8. The summed E-state index contributed by atoms with van der Waals surface area (Å²) in [6.45, 7) is 0.692. The predicted molar refractivity (Wildman–Crippen MR) is 91.2 cm³/mol. The first-order valence-corrected chi connectivity index (χ1v) is 8.39. The lowest BCUT2D eigenvalue weighted by molar-refractivity contribution is 0.173. The average molecular weight is 347 g/mol. The third-order valence-electron chi connectivity index (χ3n) is 3.58. The van der Waals surface area contributed by atoms with Crippen LogP contribution in [0.25, 0.3) is 11.1 Å². The van der Waals surface area contributed by atoms with Crippen molar-refractivity contribution >= 4 is 28.5 Å². The van der Waals surface area contributed by atoms with Crippen LogP contribution in [0.1, 0.15) is 11.7 Å². The molecule has 0 saturated carbocycles. The topological polar surface area (TPSA) is 96.5 Å².